The van der Waals surface area contributed by atoms with Gasteiger partial charge in [-0.15, -0.1) is 0 Å². The molecule has 0 radical (unpaired) electrons. The average molecular weight is 271 g/mol. The standard InChI is InChI=1S/C13H21NO3S/c1-10-2-4-11(5-3-10)12(15)13(8-14)6-7-18(16,17)9-13/h10-12,15H,2-7,9H2,1H3. The van der Waals surface area contributed by atoms with Crippen molar-refractivity contribution in [1.29, 1.82) is 5.26 Å². The van der Waals surface area contributed by atoms with Crippen LogP contribution in [-0.4, -0.2) is 31.1 Å². The fourth-order valence-electron chi connectivity index (χ4n) is 3.31. The van der Waals surface area contributed by atoms with Gasteiger partial charge in [-0.25, -0.2) is 8.42 Å². The zero-order chi connectivity index (χ0) is 13.4. The largest absolute Gasteiger partial charge is 0.391 e. The maximum Gasteiger partial charge on any atom is 0.152 e. The number of aliphatic hydroxyl groups is 1. The molecule has 1 N–H and O–H groups in total. The van der Waals surface area contributed by atoms with Crippen molar-refractivity contribution in [3.8, 4) is 6.07 Å². The highest BCUT2D eigenvalue weighted by Gasteiger charge is 2.50. The number of rotatable bonds is 2. The fraction of sp³-hybridized carbons (Fsp3) is 0.923. The van der Waals surface area contributed by atoms with Crippen LogP contribution in [0.25, 0.3) is 0 Å². The SMILES string of the molecule is CC1CCC(C(O)C2(C#N)CCS(=O)(=O)C2)CC1. The van der Waals surface area contributed by atoms with Gasteiger partial charge in [0.2, 0.25) is 0 Å². The van der Waals surface area contributed by atoms with Crippen LogP contribution in [0.4, 0.5) is 0 Å². The molecule has 0 spiro atoms. The molecule has 0 amide bonds. The van der Waals surface area contributed by atoms with Gasteiger partial charge in [0, 0.05) is 0 Å². The van der Waals surface area contributed by atoms with Crippen molar-refractivity contribution in [2.75, 3.05) is 11.5 Å². The molecule has 0 bridgehead atoms. The Morgan fingerprint density at radius 2 is 1.94 bits per heavy atom. The van der Waals surface area contributed by atoms with Crippen molar-refractivity contribution >= 4 is 9.84 Å². The van der Waals surface area contributed by atoms with Crippen LogP contribution < -0.4 is 0 Å². The fourth-order valence-corrected chi connectivity index (χ4v) is 5.30. The second-order valence-electron chi connectivity index (χ2n) is 6.07. The predicted molar refractivity (Wildman–Crippen MR) is 68.4 cm³/mol. The summed E-state index contributed by atoms with van der Waals surface area (Å²) in [4.78, 5) is 0. The summed E-state index contributed by atoms with van der Waals surface area (Å²) in [6.07, 6.45) is 3.45. The minimum absolute atomic E-state index is 0.0424. The monoisotopic (exact) mass is 271 g/mol. The summed E-state index contributed by atoms with van der Waals surface area (Å²) in [7, 11) is -3.14. The summed E-state index contributed by atoms with van der Waals surface area (Å²) in [6.45, 7) is 2.20. The van der Waals surface area contributed by atoms with E-state index in [0.29, 0.717) is 12.3 Å². The summed E-state index contributed by atoms with van der Waals surface area (Å²) in [5.74, 6) is 0.651. The number of aliphatic hydroxyl groups excluding tert-OH is 1. The molecule has 1 heterocycles. The molecule has 2 fully saturated rings. The Labute approximate surface area is 109 Å². The van der Waals surface area contributed by atoms with Crippen molar-refractivity contribution in [3.63, 3.8) is 0 Å². The van der Waals surface area contributed by atoms with E-state index in [0.717, 1.165) is 25.7 Å². The average Bonchev–Trinajstić information content (AvgIpc) is 2.66. The Balaban J connectivity index is 2.12. The number of nitrogens with zero attached hydrogens (tertiary/aromatic N) is 1. The van der Waals surface area contributed by atoms with Gasteiger partial charge < -0.3 is 5.11 Å². The summed E-state index contributed by atoms with van der Waals surface area (Å²) in [6, 6.07) is 2.11. The van der Waals surface area contributed by atoms with Crippen molar-refractivity contribution < 1.29 is 13.5 Å². The van der Waals surface area contributed by atoms with Crippen LogP contribution in [-0.2, 0) is 9.84 Å². The van der Waals surface area contributed by atoms with E-state index in [1.807, 2.05) is 0 Å². The summed E-state index contributed by atoms with van der Waals surface area (Å²) >= 11 is 0. The lowest BCUT2D eigenvalue weighted by Crippen LogP contribution is -2.41. The molecule has 5 heteroatoms. The molecule has 0 aromatic rings. The minimum Gasteiger partial charge on any atom is -0.391 e. The first-order valence-electron chi connectivity index (χ1n) is 6.68. The van der Waals surface area contributed by atoms with Crippen molar-refractivity contribution in [3.05, 3.63) is 0 Å². The van der Waals surface area contributed by atoms with Crippen molar-refractivity contribution in [2.45, 2.75) is 45.1 Å². The molecule has 2 unspecified atom stereocenters. The first kappa shape index (κ1) is 13.8. The van der Waals surface area contributed by atoms with E-state index in [4.69, 9.17) is 0 Å². The first-order chi connectivity index (χ1) is 8.38. The predicted octanol–water partition coefficient (Wildman–Crippen LogP) is 1.50. The number of hydrogen-bond acceptors (Lipinski definition) is 4. The molecule has 1 aliphatic heterocycles. The smallest absolute Gasteiger partial charge is 0.152 e. The molecule has 0 aromatic heterocycles. The maximum absolute atomic E-state index is 11.6. The van der Waals surface area contributed by atoms with Gasteiger partial charge in [-0.1, -0.05) is 19.8 Å². The topological polar surface area (TPSA) is 78.2 Å². The zero-order valence-electron chi connectivity index (χ0n) is 10.8. The lowest BCUT2D eigenvalue weighted by Gasteiger charge is -2.36. The van der Waals surface area contributed by atoms with Crippen molar-refractivity contribution in [2.24, 2.45) is 17.3 Å². The van der Waals surface area contributed by atoms with Crippen LogP contribution in [0.1, 0.15) is 39.0 Å². The third-order valence-corrected chi connectivity index (χ3v) is 6.41. The van der Waals surface area contributed by atoms with Gasteiger partial charge in [0.25, 0.3) is 0 Å². The first-order valence-corrected chi connectivity index (χ1v) is 8.50. The Kier molecular flexibility index (Phi) is 3.70. The quantitative estimate of drug-likeness (QED) is 0.825. The van der Waals surface area contributed by atoms with Crippen LogP contribution in [0.15, 0.2) is 0 Å². The molecule has 18 heavy (non-hydrogen) atoms. The van der Waals surface area contributed by atoms with Gasteiger partial charge in [-0.3, -0.25) is 0 Å². The van der Waals surface area contributed by atoms with Crippen molar-refractivity contribution in [1.82, 2.24) is 0 Å². The second-order valence-corrected chi connectivity index (χ2v) is 8.26. The highest BCUT2D eigenvalue weighted by atomic mass is 32.2. The molecule has 1 aliphatic carbocycles. The second kappa shape index (κ2) is 4.82. The third kappa shape index (κ3) is 2.55. The Bertz CT molecular complexity index is 445. The summed E-state index contributed by atoms with van der Waals surface area (Å²) < 4.78 is 23.2. The molecule has 2 rings (SSSR count). The molecule has 2 atom stereocenters. The Morgan fingerprint density at radius 3 is 2.39 bits per heavy atom. The molecule has 102 valence electrons. The third-order valence-electron chi connectivity index (χ3n) is 4.63. The number of nitriles is 1. The van der Waals surface area contributed by atoms with E-state index in [1.165, 1.54) is 0 Å². The molecular formula is C13H21NO3S. The van der Waals surface area contributed by atoms with Gasteiger partial charge in [0.05, 0.1) is 29.1 Å². The molecule has 2 aliphatic rings. The molecule has 1 saturated carbocycles. The highest BCUT2D eigenvalue weighted by molar-refractivity contribution is 7.91. The minimum atomic E-state index is -3.14. The summed E-state index contributed by atoms with van der Waals surface area (Å²) in [5.41, 5.74) is -1.05. The molecular weight excluding hydrogens is 250 g/mol. The summed E-state index contributed by atoms with van der Waals surface area (Å²) in [5, 5.41) is 19.8. The van der Waals surface area contributed by atoms with Crippen LogP contribution >= 0.6 is 0 Å². The van der Waals surface area contributed by atoms with Crippen LogP contribution in [0, 0.1) is 28.6 Å². The number of hydrogen-bond donors (Lipinski definition) is 1. The van der Waals surface area contributed by atoms with Gasteiger partial charge in [-0.2, -0.15) is 5.26 Å². The van der Waals surface area contributed by atoms with E-state index >= 15 is 0 Å². The van der Waals surface area contributed by atoms with Gasteiger partial charge in [0.15, 0.2) is 9.84 Å². The molecule has 1 saturated heterocycles. The van der Waals surface area contributed by atoms with Gasteiger partial charge in [0.1, 0.15) is 0 Å². The lowest BCUT2D eigenvalue weighted by molar-refractivity contribution is 0.00579. The van der Waals surface area contributed by atoms with Crippen LogP contribution in [0.3, 0.4) is 0 Å². The van der Waals surface area contributed by atoms with Gasteiger partial charge in [-0.05, 0) is 31.1 Å². The van der Waals surface area contributed by atoms with Crippen LogP contribution in [0.2, 0.25) is 0 Å². The molecule has 4 nitrogen and oxygen atoms in total. The van der Waals surface area contributed by atoms with E-state index in [2.05, 4.69) is 13.0 Å². The zero-order valence-corrected chi connectivity index (χ0v) is 11.6. The number of sulfone groups is 1. The van der Waals surface area contributed by atoms with E-state index < -0.39 is 21.4 Å². The lowest BCUT2D eigenvalue weighted by atomic mass is 9.70. The Hall–Kier alpha value is -0.600. The van der Waals surface area contributed by atoms with E-state index in [9.17, 15) is 18.8 Å². The van der Waals surface area contributed by atoms with Gasteiger partial charge >= 0.3 is 0 Å². The maximum atomic E-state index is 11.6. The van der Waals surface area contributed by atoms with E-state index in [-0.39, 0.29) is 17.4 Å². The van der Waals surface area contributed by atoms with Crippen LogP contribution in [0.5, 0.6) is 0 Å². The van der Waals surface area contributed by atoms with E-state index in [1.54, 1.807) is 0 Å². The Morgan fingerprint density at radius 1 is 1.33 bits per heavy atom. The normalized spacial score (nSPS) is 41.2. The highest BCUT2D eigenvalue weighted by Crippen LogP contribution is 2.42. The molecule has 0 aromatic carbocycles.